The van der Waals surface area contributed by atoms with Gasteiger partial charge in [0, 0.05) is 6.61 Å². The Hall–Kier alpha value is -1.10. The predicted octanol–water partition coefficient (Wildman–Crippen LogP) is 1.11. The van der Waals surface area contributed by atoms with Crippen molar-refractivity contribution in [2.24, 2.45) is 5.92 Å². The van der Waals surface area contributed by atoms with Crippen LogP contribution in [-0.2, 0) is 0 Å². The van der Waals surface area contributed by atoms with Crippen LogP contribution < -0.4 is 4.74 Å². The SMILES string of the molecule is C[C@@H](CCO)[C@H](O)c1ccc(OCCO)cc1. The van der Waals surface area contributed by atoms with Crippen molar-refractivity contribution >= 4 is 0 Å². The molecule has 4 heteroatoms. The molecule has 0 aliphatic rings. The molecule has 1 aromatic rings. The minimum atomic E-state index is -0.575. The number of hydrogen-bond donors (Lipinski definition) is 3. The number of aliphatic hydroxyl groups is 3. The Kier molecular flexibility index (Phi) is 5.97. The highest BCUT2D eigenvalue weighted by Crippen LogP contribution is 2.25. The van der Waals surface area contributed by atoms with Gasteiger partial charge in [-0.25, -0.2) is 0 Å². The summed E-state index contributed by atoms with van der Waals surface area (Å²) in [6.07, 6.45) is -0.00162. The first kappa shape index (κ1) is 14.0. The van der Waals surface area contributed by atoms with Gasteiger partial charge in [-0.3, -0.25) is 0 Å². The van der Waals surface area contributed by atoms with E-state index in [1.807, 2.05) is 6.92 Å². The Balaban J connectivity index is 2.60. The average molecular weight is 240 g/mol. The van der Waals surface area contributed by atoms with Gasteiger partial charge in [-0.05, 0) is 30.0 Å². The maximum Gasteiger partial charge on any atom is 0.119 e. The highest BCUT2D eigenvalue weighted by molar-refractivity contribution is 5.28. The summed E-state index contributed by atoms with van der Waals surface area (Å²) in [5.74, 6) is 0.689. The van der Waals surface area contributed by atoms with E-state index < -0.39 is 6.10 Å². The molecule has 1 aromatic carbocycles. The van der Waals surface area contributed by atoms with E-state index in [4.69, 9.17) is 14.9 Å². The van der Waals surface area contributed by atoms with Crippen molar-refractivity contribution in [2.75, 3.05) is 19.8 Å². The van der Waals surface area contributed by atoms with Gasteiger partial charge >= 0.3 is 0 Å². The van der Waals surface area contributed by atoms with Gasteiger partial charge in [0.15, 0.2) is 0 Å². The highest BCUT2D eigenvalue weighted by atomic mass is 16.5. The molecule has 0 heterocycles. The second-order valence-electron chi connectivity index (χ2n) is 4.08. The van der Waals surface area contributed by atoms with Crippen molar-refractivity contribution in [1.29, 1.82) is 0 Å². The quantitative estimate of drug-likeness (QED) is 0.667. The monoisotopic (exact) mass is 240 g/mol. The summed E-state index contributed by atoms with van der Waals surface area (Å²) >= 11 is 0. The number of hydrogen-bond acceptors (Lipinski definition) is 4. The summed E-state index contributed by atoms with van der Waals surface area (Å²) in [7, 11) is 0. The van der Waals surface area contributed by atoms with Gasteiger partial charge in [-0.15, -0.1) is 0 Å². The van der Waals surface area contributed by atoms with E-state index in [2.05, 4.69) is 0 Å². The number of aliphatic hydroxyl groups excluding tert-OH is 3. The van der Waals surface area contributed by atoms with E-state index in [1.54, 1.807) is 24.3 Å². The van der Waals surface area contributed by atoms with Gasteiger partial charge in [0.05, 0.1) is 12.7 Å². The third-order valence-electron chi connectivity index (χ3n) is 2.71. The molecule has 0 bridgehead atoms. The van der Waals surface area contributed by atoms with E-state index >= 15 is 0 Å². The first-order valence-corrected chi connectivity index (χ1v) is 5.81. The zero-order valence-electron chi connectivity index (χ0n) is 10.0. The van der Waals surface area contributed by atoms with Crippen LogP contribution in [0.5, 0.6) is 5.75 Å². The van der Waals surface area contributed by atoms with Crippen molar-refractivity contribution < 1.29 is 20.1 Å². The van der Waals surface area contributed by atoms with Crippen LogP contribution in [0, 0.1) is 5.92 Å². The number of rotatable bonds is 7. The normalized spacial score (nSPS) is 14.4. The molecule has 0 saturated heterocycles. The molecule has 0 spiro atoms. The smallest absolute Gasteiger partial charge is 0.119 e. The van der Waals surface area contributed by atoms with Crippen LogP contribution in [-0.4, -0.2) is 35.1 Å². The lowest BCUT2D eigenvalue weighted by molar-refractivity contribution is 0.0990. The molecule has 2 atom stereocenters. The van der Waals surface area contributed by atoms with Gasteiger partial charge < -0.3 is 20.1 Å². The first-order chi connectivity index (χ1) is 8.19. The molecule has 1 rings (SSSR count). The fourth-order valence-corrected chi connectivity index (χ4v) is 1.61. The summed E-state index contributed by atoms with van der Waals surface area (Å²) in [6, 6.07) is 7.12. The lowest BCUT2D eigenvalue weighted by Crippen LogP contribution is -2.10. The summed E-state index contributed by atoms with van der Waals surface area (Å²) < 4.78 is 5.23. The molecule has 0 saturated carbocycles. The predicted molar refractivity (Wildman–Crippen MR) is 64.8 cm³/mol. The van der Waals surface area contributed by atoms with Crippen molar-refractivity contribution in [3.05, 3.63) is 29.8 Å². The van der Waals surface area contributed by atoms with Crippen LogP contribution in [0.25, 0.3) is 0 Å². The Morgan fingerprint density at radius 2 is 1.76 bits per heavy atom. The molecular formula is C13H20O4. The van der Waals surface area contributed by atoms with E-state index in [1.165, 1.54) is 0 Å². The Morgan fingerprint density at radius 3 is 2.29 bits per heavy atom. The molecule has 0 aliphatic heterocycles. The minimum Gasteiger partial charge on any atom is -0.491 e. The second-order valence-corrected chi connectivity index (χ2v) is 4.08. The molecule has 0 radical (unpaired) electrons. The molecule has 3 N–H and O–H groups in total. The first-order valence-electron chi connectivity index (χ1n) is 5.81. The lowest BCUT2D eigenvalue weighted by Gasteiger charge is -2.18. The molecule has 96 valence electrons. The topological polar surface area (TPSA) is 69.9 Å². The van der Waals surface area contributed by atoms with Crippen LogP contribution in [0.4, 0.5) is 0 Å². The molecular weight excluding hydrogens is 220 g/mol. The molecule has 0 amide bonds. The van der Waals surface area contributed by atoms with Crippen molar-refractivity contribution in [1.82, 2.24) is 0 Å². The average Bonchev–Trinajstić information content (AvgIpc) is 2.36. The van der Waals surface area contributed by atoms with Gasteiger partial charge in [-0.2, -0.15) is 0 Å². The van der Waals surface area contributed by atoms with Crippen LogP contribution >= 0.6 is 0 Å². The molecule has 17 heavy (non-hydrogen) atoms. The van der Waals surface area contributed by atoms with Crippen molar-refractivity contribution in [3.63, 3.8) is 0 Å². The highest BCUT2D eigenvalue weighted by Gasteiger charge is 2.15. The van der Waals surface area contributed by atoms with Crippen LogP contribution in [0.1, 0.15) is 25.0 Å². The zero-order chi connectivity index (χ0) is 12.7. The van der Waals surface area contributed by atoms with Gasteiger partial charge in [0.1, 0.15) is 12.4 Å². The van der Waals surface area contributed by atoms with Crippen LogP contribution in [0.2, 0.25) is 0 Å². The van der Waals surface area contributed by atoms with E-state index in [0.717, 1.165) is 5.56 Å². The lowest BCUT2D eigenvalue weighted by atomic mass is 9.95. The molecule has 0 unspecified atom stereocenters. The molecule has 4 nitrogen and oxygen atoms in total. The largest absolute Gasteiger partial charge is 0.491 e. The molecule has 0 aromatic heterocycles. The van der Waals surface area contributed by atoms with E-state index in [9.17, 15) is 5.11 Å². The minimum absolute atomic E-state index is 0.0160. The fourth-order valence-electron chi connectivity index (χ4n) is 1.61. The third-order valence-corrected chi connectivity index (χ3v) is 2.71. The maximum absolute atomic E-state index is 10.00. The standard InChI is InChI=1S/C13H20O4/c1-10(6-7-14)13(16)11-2-4-12(5-3-11)17-9-8-15/h2-5,10,13-16H,6-9H2,1H3/t10-,13-/m0/s1. The molecule has 0 aliphatic carbocycles. The van der Waals surface area contributed by atoms with Gasteiger partial charge in [-0.1, -0.05) is 19.1 Å². The fraction of sp³-hybridized carbons (Fsp3) is 0.538. The number of ether oxygens (including phenoxy) is 1. The summed E-state index contributed by atoms with van der Waals surface area (Å²) in [5, 5.41) is 27.4. The Morgan fingerprint density at radius 1 is 1.12 bits per heavy atom. The van der Waals surface area contributed by atoms with E-state index in [-0.39, 0.29) is 25.7 Å². The van der Waals surface area contributed by atoms with Gasteiger partial charge in [0.25, 0.3) is 0 Å². The molecule has 0 fully saturated rings. The zero-order valence-corrected chi connectivity index (χ0v) is 10.0. The van der Waals surface area contributed by atoms with Crippen LogP contribution in [0.15, 0.2) is 24.3 Å². The second kappa shape index (κ2) is 7.27. The van der Waals surface area contributed by atoms with Crippen molar-refractivity contribution in [2.45, 2.75) is 19.4 Å². The summed E-state index contributed by atoms with van der Waals surface area (Å²) in [5.41, 5.74) is 0.808. The van der Waals surface area contributed by atoms with E-state index in [0.29, 0.717) is 12.2 Å². The number of benzene rings is 1. The Bertz CT molecular complexity index is 310. The third kappa shape index (κ3) is 4.34. The summed E-state index contributed by atoms with van der Waals surface area (Å²) in [6.45, 7) is 2.23. The van der Waals surface area contributed by atoms with Gasteiger partial charge in [0.2, 0.25) is 0 Å². The Labute approximate surface area is 101 Å². The van der Waals surface area contributed by atoms with Crippen molar-refractivity contribution in [3.8, 4) is 5.75 Å². The summed E-state index contributed by atoms with van der Waals surface area (Å²) in [4.78, 5) is 0. The maximum atomic E-state index is 10.00. The van der Waals surface area contributed by atoms with Crippen LogP contribution in [0.3, 0.4) is 0 Å².